The molecule has 3 rings (SSSR count). The SMILES string of the molecule is CCCc1cc(C(=O)N2CCC[C@@H](c3n[nH]c(=O)n3CC)C2)ccn1. The summed E-state index contributed by atoms with van der Waals surface area (Å²) in [4.78, 5) is 30.9. The van der Waals surface area contributed by atoms with Crippen molar-refractivity contribution >= 4 is 5.91 Å². The normalized spacial score (nSPS) is 17.7. The smallest absolute Gasteiger partial charge is 0.338 e. The Bertz CT molecular complexity index is 795. The molecule has 0 bridgehead atoms. The molecule has 1 N–H and O–H groups in total. The summed E-state index contributed by atoms with van der Waals surface area (Å²) in [5.41, 5.74) is 1.46. The van der Waals surface area contributed by atoms with Crippen LogP contribution in [0.5, 0.6) is 0 Å². The zero-order valence-corrected chi connectivity index (χ0v) is 14.9. The number of H-pyrrole nitrogens is 1. The minimum Gasteiger partial charge on any atom is -0.338 e. The number of carbonyl (C=O) groups excluding carboxylic acids is 1. The van der Waals surface area contributed by atoms with Crippen molar-refractivity contribution in [3.8, 4) is 0 Å². The van der Waals surface area contributed by atoms with E-state index in [0.717, 1.165) is 43.7 Å². The highest BCUT2D eigenvalue weighted by molar-refractivity contribution is 5.94. The van der Waals surface area contributed by atoms with E-state index in [9.17, 15) is 9.59 Å². The molecule has 1 aliphatic heterocycles. The molecule has 0 aliphatic carbocycles. The number of rotatable bonds is 5. The first kappa shape index (κ1) is 17.4. The van der Waals surface area contributed by atoms with Crippen LogP contribution in [0.4, 0.5) is 0 Å². The van der Waals surface area contributed by atoms with Crippen LogP contribution >= 0.6 is 0 Å². The van der Waals surface area contributed by atoms with Gasteiger partial charge in [-0.05, 0) is 38.3 Å². The predicted octanol–water partition coefficient (Wildman–Crippen LogP) is 1.96. The van der Waals surface area contributed by atoms with Gasteiger partial charge >= 0.3 is 5.69 Å². The molecule has 0 aromatic carbocycles. The summed E-state index contributed by atoms with van der Waals surface area (Å²) < 4.78 is 1.66. The maximum absolute atomic E-state index is 12.9. The molecule has 3 heterocycles. The van der Waals surface area contributed by atoms with E-state index in [1.54, 1.807) is 16.8 Å². The summed E-state index contributed by atoms with van der Waals surface area (Å²) in [7, 11) is 0. The van der Waals surface area contributed by atoms with Gasteiger partial charge in [-0.3, -0.25) is 14.3 Å². The minimum absolute atomic E-state index is 0.0328. The molecule has 1 saturated heterocycles. The molecule has 0 radical (unpaired) electrons. The molecule has 7 heteroatoms. The molecule has 2 aromatic heterocycles. The number of nitrogens with one attached hydrogen (secondary N) is 1. The van der Waals surface area contributed by atoms with E-state index < -0.39 is 0 Å². The second kappa shape index (κ2) is 7.63. The van der Waals surface area contributed by atoms with Crippen molar-refractivity contribution in [3.05, 3.63) is 45.9 Å². The zero-order valence-electron chi connectivity index (χ0n) is 14.9. The highest BCUT2D eigenvalue weighted by atomic mass is 16.2. The van der Waals surface area contributed by atoms with Gasteiger partial charge in [-0.15, -0.1) is 0 Å². The van der Waals surface area contributed by atoms with Crippen molar-refractivity contribution in [2.75, 3.05) is 13.1 Å². The van der Waals surface area contributed by atoms with Gasteiger partial charge in [0.2, 0.25) is 0 Å². The molecule has 1 fully saturated rings. The Morgan fingerprint density at radius 2 is 2.24 bits per heavy atom. The molecule has 0 spiro atoms. The van der Waals surface area contributed by atoms with Crippen LogP contribution in [0.3, 0.4) is 0 Å². The predicted molar refractivity (Wildman–Crippen MR) is 94.6 cm³/mol. The summed E-state index contributed by atoms with van der Waals surface area (Å²) in [5, 5.41) is 6.72. The first-order chi connectivity index (χ1) is 12.1. The fourth-order valence-corrected chi connectivity index (χ4v) is 3.51. The Morgan fingerprint density at radius 3 is 3.00 bits per heavy atom. The van der Waals surface area contributed by atoms with Crippen molar-refractivity contribution in [2.24, 2.45) is 0 Å². The molecule has 1 aliphatic rings. The molecule has 0 unspecified atom stereocenters. The largest absolute Gasteiger partial charge is 0.343 e. The number of pyridine rings is 1. The molecule has 1 amide bonds. The van der Waals surface area contributed by atoms with E-state index in [1.165, 1.54) is 0 Å². The average Bonchev–Trinajstić information content (AvgIpc) is 3.02. The highest BCUT2D eigenvalue weighted by Crippen LogP contribution is 2.26. The fraction of sp³-hybridized carbons (Fsp3) is 0.556. The highest BCUT2D eigenvalue weighted by Gasteiger charge is 2.29. The van der Waals surface area contributed by atoms with Gasteiger partial charge in [0.1, 0.15) is 5.82 Å². The monoisotopic (exact) mass is 343 g/mol. The number of aromatic amines is 1. The summed E-state index contributed by atoms with van der Waals surface area (Å²) in [5.74, 6) is 0.880. The van der Waals surface area contributed by atoms with E-state index in [1.807, 2.05) is 17.9 Å². The van der Waals surface area contributed by atoms with Crippen LogP contribution in [0.15, 0.2) is 23.1 Å². The third-order valence-corrected chi connectivity index (χ3v) is 4.75. The van der Waals surface area contributed by atoms with Crippen molar-refractivity contribution < 1.29 is 4.79 Å². The number of aryl methyl sites for hydroxylation is 1. The topological polar surface area (TPSA) is 83.9 Å². The molecule has 2 aromatic rings. The van der Waals surface area contributed by atoms with E-state index in [0.29, 0.717) is 18.7 Å². The molecule has 134 valence electrons. The van der Waals surface area contributed by atoms with E-state index in [-0.39, 0.29) is 17.5 Å². The number of hydrogen-bond donors (Lipinski definition) is 1. The Balaban J connectivity index is 1.78. The van der Waals surface area contributed by atoms with Gasteiger partial charge < -0.3 is 4.90 Å². The van der Waals surface area contributed by atoms with Crippen molar-refractivity contribution in [1.29, 1.82) is 0 Å². The summed E-state index contributed by atoms with van der Waals surface area (Å²) >= 11 is 0. The quantitative estimate of drug-likeness (QED) is 0.899. The second-order valence-electron chi connectivity index (χ2n) is 6.51. The lowest BCUT2D eigenvalue weighted by Crippen LogP contribution is -2.40. The van der Waals surface area contributed by atoms with Gasteiger partial charge in [-0.1, -0.05) is 13.3 Å². The summed E-state index contributed by atoms with van der Waals surface area (Å²) in [6.07, 6.45) is 5.44. The van der Waals surface area contributed by atoms with Crippen molar-refractivity contribution in [1.82, 2.24) is 24.6 Å². The number of nitrogens with zero attached hydrogens (tertiary/aromatic N) is 4. The van der Waals surface area contributed by atoms with Gasteiger partial charge in [0.25, 0.3) is 5.91 Å². The zero-order chi connectivity index (χ0) is 17.8. The van der Waals surface area contributed by atoms with E-state index in [4.69, 9.17) is 0 Å². The van der Waals surface area contributed by atoms with Crippen molar-refractivity contribution in [2.45, 2.75) is 52.0 Å². The van der Waals surface area contributed by atoms with E-state index in [2.05, 4.69) is 22.1 Å². The van der Waals surface area contributed by atoms with Crippen LogP contribution in [-0.2, 0) is 13.0 Å². The number of amides is 1. The number of piperidine rings is 1. The first-order valence-electron chi connectivity index (χ1n) is 9.03. The Hall–Kier alpha value is -2.44. The fourth-order valence-electron chi connectivity index (χ4n) is 3.51. The lowest BCUT2D eigenvalue weighted by atomic mass is 9.96. The van der Waals surface area contributed by atoms with Gasteiger partial charge in [-0.25, -0.2) is 9.89 Å². The van der Waals surface area contributed by atoms with Gasteiger partial charge in [0, 0.05) is 43.0 Å². The number of carbonyl (C=O) groups is 1. The third-order valence-electron chi connectivity index (χ3n) is 4.75. The summed E-state index contributed by atoms with van der Waals surface area (Å²) in [6, 6.07) is 3.67. The summed E-state index contributed by atoms with van der Waals surface area (Å²) in [6.45, 7) is 5.94. The Labute approximate surface area is 147 Å². The van der Waals surface area contributed by atoms with Crippen LogP contribution < -0.4 is 5.69 Å². The standard InChI is InChI=1S/C18H25N5O2/c1-3-6-15-11-13(8-9-19-15)17(24)22-10-5-7-14(12-22)16-20-21-18(25)23(16)4-2/h8-9,11,14H,3-7,10,12H2,1-2H3,(H,21,25)/t14-/m1/s1. The first-order valence-corrected chi connectivity index (χ1v) is 9.03. The van der Waals surface area contributed by atoms with E-state index >= 15 is 0 Å². The van der Waals surface area contributed by atoms with Gasteiger partial charge in [0.05, 0.1) is 0 Å². The lowest BCUT2D eigenvalue weighted by Gasteiger charge is -2.32. The Kier molecular flexibility index (Phi) is 5.31. The number of hydrogen-bond acceptors (Lipinski definition) is 4. The molecule has 1 atom stereocenters. The second-order valence-corrected chi connectivity index (χ2v) is 6.51. The number of aromatic nitrogens is 4. The molecule has 25 heavy (non-hydrogen) atoms. The molecular formula is C18H25N5O2. The average molecular weight is 343 g/mol. The van der Waals surface area contributed by atoms with Gasteiger partial charge in [-0.2, -0.15) is 5.10 Å². The maximum atomic E-state index is 12.9. The number of likely N-dealkylation sites (tertiary alicyclic amines) is 1. The molecular weight excluding hydrogens is 318 g/mol. The molecule has 0 saturated carbocycles. The van der Waals surface area contributed by atoms with Crippen LogP contribution in [0.1, 0.15) is 60.9 Å². The van der Waals surface area contributed by atoms with Crippen LogP contribution in [0, 0.1) is 0 Å². The van der Waals surface area contributed by atoms with Gasteiger partial charge in [0.15, 0.2) is 0 Å². The third kappa shape index (κ3) is 3.65. The van der Waals surface area contributed by atoms with Crippen molar-refractivity contribution in [3.63, 3.8) is 0 Å². The maximum Gasteiger partial charge on any atom is 0.343 e. The van der Waals surface area contributed by atoms with Crippen LogP contribution in [0.25, 0.3) is 0 Å². The molecule has 7 nitrogen and oxygen atoms in total. The van der Waals surface area contributed by atoms with Crippen LogP contribution in [0.2, 0.25) is 0 Å². The lowest BCUT2D eigenvalue weighted by molar-refractivity contribution is 0.0703. The Morgan fingerprint density at radius 1 is 1.40 bits per heavy atom. The van der Waals surface area contributed by atoms with Crippen LogP contribution in [-0.4, -0.2) is 43.6 Å². The minimum atomic E-state index is -0.181.